The molecular formula is C13H24N4. The first-order valence-electron chi connectivity index (χ1n) is 6.58. The molecule has 1 aromatic heterocycles. The van der Waals surface area contributed by atoms with Gasteiger partial charge in [-0.1, -0.05) is 6.42 Å². The van der Waals surface area contributed by atoms with Crippen molar-refractivity contribution in [3.8, 4) is 0 Å². The summed E-state index contributed by atoms with van der Waals surface area (Å²) in [6, 6.07) is 0.475. The lowest BCUT2D eigenvalue weighted by atomic mass is 9.78. The summed E-state index contributed by atoms with van der Waals surface area (Å²) in [6.45, 7) is 4.24. The zero-order valence-corrected chi connectivity index (χ0v) is 11.2. The molecule has 0 aliphatic heterocycles. The molecule has 0 radical (unpaired) electrons. The molecule has 1 atom stereocenters. The summed E-state index contributed by atoms with van der Waals surface area (Å²) in [5.41, 5.74) is 6.83. The second-order valence-electron chi connectivity index (χ2n) is 5.28. The molecule has 17 heavy (non-hydrogen) atoms. The van der Waals surface area contributed by atoms with E-state index in [1.165, 1.54) is 30.5 Å². The highest BCUT2D eigenvalue weighted by molar-refractivity contribution is 5.24. The first kappa shape index (κ1) is 12.6. The molecule has 1 saturated carbocycles. The first-order chi connectivity index (χ1) is 8.13. The lowest BCUT2D eigenvalue weighted by Crippen LogP contribution is -2.43. The lowest BCUT2D eigenvalue weighted by Gasteiger charge is -2.33. The van der Waals surface area contributed by atoms with Crippen LogP contribution in [0.25, 0.3) is 0 Å². The predicted molar refractivity (Wildman–Crippen MR) is 69.5 cm³/mol. The van der Waals surface area contributed by atoms with Crippen molar-refractivity contribution in [3.63, 3.8) is 0 Å². The minimum atomic E-state index is 0.475. The molecule has 0 spiro atoms. The molecule has 0 amide bonds. The highest BCUT2D eigenvalue weighted by Gasteiger charge is 2.26. The molecule has 4 heteroatoms. The molecule has 1 fully saturated rings. The summed E-state index contributed by atoms with van der Waals surface area (Å²) < 4.78 is 1.97. The molecule has 1 heterocycles. The van der Waals surface area contributed by atoms with Gasteiger partial charge in [0.15, 0.2) is 0 Å². The lowest BCUT2D eigenvalue weighted by molar-refractivity contribution is 0.221. The molecule has 0 bridgehead atoms. The number of nitrogens with zero attached hydrogens (tertiary/aromatic N) is 2. The number of hydrogen-bond acceptors (Lipinski definition) is 3. The van der Waals surface area contributed by atoms with E-state index in [2.05, 4.69) is 24.4 Å². The van der Waals surface area contributed by atoms with Gasteiger partial charge in [-0.25, -0.2) is 0 Å². The monoisotopic (exact) mass is 236 g/mol. The van der Waals surface area contributed by atoms with Gasteiger partial charge in [0.2, 0.25) is 0 Å². The maximum Gasteiger partial charge on any atom is 0.0628 e. The van der Waals surface area contributed by atoms with Crippen LogP contribution in [-0.4, -0.2) is 15.8 Å². The van der Waals surface area contributed by atoms with Crippen LogP contribution in [0.4, 0.5) is 0 Å². The topological polar surface area (TPSA) is 55.9 Å². The summed E-state index contributed by atoms with van der Waals surface area (Å²) in [6.07, 6.45) is 6.24. The quantitative estimate of drug-likeness (QED) is 0.603. The Morgan fingerprint density at radius 1 is 1.47 bits per heavy atom. The van der Waals surface area contributed by atoms with Crippen LogP contribution >= 0.6 is 0 Å². The van der Waals surface area contributed by atoms with E-state index < -0.39 is 0 Å². The average molecular weight is 236 g/mol. The summed E-state index contributed by atoms with van der Waals surface area (Å²) in [4.78, 5) is 0. The van der Waals surface area contributed by atoms with E-state index in [0.29, 0.717) is 6.04 Å². The van der Waals surface area contributed by atoms with Gasteiger partial charge < -0.3 is 0 Å². The Balaban J connectivity index is 1.96. The van der Waals surface area contributed by atoms with Crippen LogP contribution < -0.4 is 11.3 Å². The molecule has 1 unspecified atom stereocenters. The molecule has 0 saturated heterocycles. The Bertz CT molecular complexity index is 379. The Morgan fingerprint density at radius 2 is 2.18 bits per heavy atom. The molecule has 1 aromatic rings. The Labute approximate surface area is 104 Å². The van der Waals surface area contributed by atoms with Gasteiger partial charge in [0.05, 0.1) is 5.69 Å². The zero-order chi connectivity index (χ0) is 12.4. The van der Waals surface area contributed by atoms with E-state index in [4.69, 9.17) is 5.84 Å². The number of nitrogens with one attached hydrogen (secondary N) is 1. The van der Waals surface area contributed by atoms with E-state index in [0.717, 1.165) is 24.5 Å². The van der Waals surface area contributed by atoms with Crippen LogP contribution in [0.15, 0.2) is 0 Å². The van der Waals surface area contributed by atoms with Crippen LogP contribution in [0, 0.1) is 19.8 Å². The largest absolute Gasteiger partial charge is 0.272 e. The SMILES string of the molecule is Cc1nn(C)c(C)c1CCC(NN)C1CCC1. The summed E-state index contributed by atoms with van der Waals surface area (Å²) >= 11 is 0. The molecule has 1 aliphatic rings. The third kappa shape index (κ3) is 2.53. The van der Waals surface area contributed by atoms with E-state index in [9.17, 15) is 0 Å². The molecule has 3 N–H and O–H groups in total. The number of nitrogens with two attached hydrogens (primary N) is 1. The maximum absolute atomic E-state index is 5.66. The fraction of sp³-hybridized carbons (Fsp3) is 0.769. The molecule has 2 rings (SSSR count). The second-order valence-corrected chi connectivity index (χ2v) is 5.28. The summed E-state index contributed by atoms with van der Waals surface area (Å²) in [5.74, 6) is 6.45. The van der Waals surface area contributed by atoms with Gasteiger partial charge in [-0.2, -0.15) is 5.10 Å². The molecular weight excluding hydrogens is 212 g/mol. The number of rotatable bonds is 5. The maximum atomic E-state index is 5.66. The third-order valence-corrected chi connectivity index (χ3v) is 4.30. The smallest absolute Gasteiger partial charge is 0.0628 e. The van der Waals surface area contributed by atoms with Crippen molar-refractivity contribution in [2.45, 2.75) is 52.0 Å². The van der Waals surface area contributed by atoms with E-state index in [1.54, 1.807) is 0 Å². The van der Waals surface area contributed by atoms with Crippen molar-refractivity contribution in [2.24, 2.45) is 18.8 Å². The third-order valence-electron chi connectivity index (χ3n) is 4.30. The predicted octanol–water partition coefficient (Wildman–Crippen LogP) is 1.60. The Kier molecular flexibility index (Phi) is 3.84. The number of aromatic nitrogens is 2. The first-order valence-corrected chi connectivity index (χ1v) is 6.58. The van der Waals surface area contributed by atoms with E-state index >= 15 is 0 Å². The van der Waals surface area contributed by atoms with Gasteiger partial charge in [0.25, 0.3) is 0 Å². The fourth-order valence-electron chi connectivity index (χ4n) is 2.78. The van der Waals surface area contributed by atoms with E-state index in [1.807, 2.05) is 11.7 Å². The van der Waals surface area contributed by atoms with Crippen LogP contribution in [0.5, 0.6) is 0 Å². The van der Waals surface area contributed by atoms with Crippen molar-refractivity contribution in [3.05, 3.63) is 17.0 Å². The molecule has 1 aliphatic carbocycles. The fourth-order valence-corrected chi connectivity index (χ4v) is 2.78. The van der Waals surface area contributed by atoms with Crippen molar-refractivity contribution >= 4 is 0 Å². The van der Waals surface area contributed by atoms with Crippen LogP contribution in [-0.2, 0) is 13.5 Å². The zero-order valence-electron chi connectivity index (χ0n) is 11.2. The van der Waals surface area contributed by atoms with E-state index in [-0.39, 0.29) is 0 Å². The minimum Gasteiger partial charge on any atom is -0.272 e. The van der Waals surface area contributed by atoms with Gasteiger partial charge in [-0.15, -0.1) is 0 Å². The van der Waals surface area contributed by atoms with Gasteiger partial charge in [-0.05, 0) is 51.0 Å². The molecule has 96 valence electrons. The van der Waals surface area contributed by atoms with Gasteiger partial charge in [-0.3, -0.25) is 16.0 Å². The molecule has 0 aromatic carbocycles. The molecule has 4 nitrogen and oxygen atoms in total. The Hall–Kier alpha value is -0.870. The average Bonchev–Trinajstić information content (AvgIpc) is 2.46. The van der Waals surface area contributed by atoms with Crippen molar-refractivity contribution in [2.75, 3.05) is 0 Å². The van der Waals surface area contributed by atoms with Gasteiger partial charge in [0, 0.05) is 18.8 Å². The van der Waals surface area contributed by atoms with Crippen molar-refractivity contribution in [1.29, 1.82) is 0 Å². The van der Waals surface area contributed by atoms with Gasteiger partial charge in [0.1, 0.15) is 0 Å². The van der Waals surface area contributed by atoms with Crippen molar-refractivity contribution < 1.29 is 0 Å². The van der Waals surface area contributed by atoms with Crippen molar-refractivity contribution in [1.82, 2.24) is 15.2 Å². The number of aryl methyl sites for hydroxylation is 2. The number of hydrazine groups is 1. The summed E-state index contributed by atoms with van der Waals surface area (Å²) in [5, 5.41) is 4.46. The van der Waals surface area contributed by atoms with Crippen LogP contribution in [0.2, 0.25) is 0 Å². The number of hydrogen-bond donors (Lipinski definition) is 2. The van der Waals surface area contributed by atoms with Gasteiger partial charge >= 0.3 is 0 Å². The summed E-state index contributed by atoms with van der Waals surface area (Å²) in [7, 11) is 2.01. The highest BCUT2D eigenvalue weighted by Crippen LogP contribution is 2.31. The second kappa shape index (κ2) is 5.19. The normalized spacial score (nSPS) is 18.1. The van der Waals surface area contributed by atoms with Crippen LogP contribution in [0.1, 0.15) is 42.6 Å². The van der Waals surface area contributed by atoms with Crippen LogP contribution in [0.3, 0.4) is 0 Å². The minimum absolute atomic E-state index is 0.475. The standard InChI is InChI=1S/C13H24N4/c1-9-12(10(2)17(3)16-9)7-8-13(15-14)11-5-4-6-11/h11,13,15H,4-8,14H2,1-3H3. The Morgan fingerprint density at radius 3 is 2.59 bits per heavy atom. The highest BCUT2D eigenvalue weighted by atomic mass is 15.3.